The maximum absolute atomic E-state index is 13.1. The molecule has 110 valence electrons. The van der Waals surface area contributed by atoms with Crippen molar-refractivity contribution in [1.82, 2.24) is 4.98 Å². The summed E-state index contributed by atoms with van der Waals surface area (Å²) in [6.07, 6.45) is 3.13. The van der Waals surface area contributed by atoms with E-state index in [1.165, 1.54) is 18.3 Å². The number of nitrogens with zero attached hydrogens (tertiary/aromatic N) is 1. The van der Waals surface area contributed by atoms with Gasteiger partial charge in [0.2, 0.25) is 0 Å². The summed E-state index contributed by atoms with van der Waals surface area (Å²) in [6.45, 7) is 6.06. The van der Waals surface area contributed by atoms with E-state index in [0.29, 0.717) is 11.3 Å². The minimum atomic E-state index is -0.394. The maximum atomic E-state index is 13.1. The molecule has 0 bridgehead atoms. The zero-order valence-electron chi connectivity index (χ0n) is 12.3. The predicted octanol–water partition coefficient (Wildman–Crippen LogP) is 3.68. The van der Waals surface area contributed by atoms with Gasteiger partial charge in [0, 0.05) is 23.6 Å². The van der Waals surface area contributed by atoms with Gasteiger partial charge in [0.25, 0.3) is 5.91 Å². The van der Waals surface area contributed by atoms with E-state index in [2.05, 4.69) is 15.6 Å². The van der Waals surface area contributed by atoms with E-state index in [9.17, 15) is 9.18 Å². The zero-order valence-corrected chi connectivity index (χ0v) is 12.3. The molecule has 5 heteroatoms. The fraction of sp³-hybridized carbons (Fsp3) is 0.250. The Morgan fingerprint density at radius 2 is 1.90 bits per heavy atom. The molecule has 0 aliphatic carbocycles. The van der Waals surface area contributed by atoms with Crippen LogP contribution in [0.1, 0.15) is 31.1 Å². The molecule has 21 heavy (non-hydrogen) atoms. The topological polar surface area (TPSA) is 54.0 Å². The molecule has 2 aromatic rings. The Bertz CT molecular complexity index is 650. The van der Waals surface area contributed by atoms with E-state index in [1.54, 1.807) is 24.4 Å². The summed E-state index contributed by atoms with van der Waals surface area (Å²) in [5.74, 6) is -0.722. The average Bonchev–Trinajstić information content (AvgIpc) is 2.37. The van der Waals surface area contributed by atoms with Crippen molar-refractivity contribution in [2.45, 2.75) is 26.3 Å². The van der Waals surface area contributed by atoms with Crippen LogP contribution in [0.4, 0.5) is 15.8 Å². The Morgan fingerprint density at radius 3 is 2.57 bits per heavy atom. The SMILES string of the molecule is CC(C)(C)Nc1cncc(C(=O)Nc2cccc(F)c2)c1. The second-order valence-corrected chi connectivity index (χ2v) is 5.80. The predicted molar refractivity (Wildman–Crippen MR) is 82.0 cm³/mol. The van der Waals surface area contributed by atoms with Gasteiger partial charge in [-0.1, -0.05) is 6.07 Å². The summed E-state index contributed by atoms with van der Waals surface area (Å²) >= 11 is 0. The van der Waals surface area contributed by atoms with Crippen molar-refractivity contribution >= 4 is 17.3 Å². The number of hydrogen-bond donors (Lipinski definition) is 2. The standard InChI is InChI=1S/C16H18FN3O/c1-16(2,3)20-14-7-11(9-18-10-14)15(21)19-13-6-4-5-12(17)8-13/h4-10,20H,1-3H3,(H,19,21). The Labute approximate surface area is 123 Å². The summed E-state index contributed by atoms with van der Waals surface area (Å²) in [5.41, 5.74) is 1.45. The Kier molecular flexibility index (Phi) is 4.21. The third-order valence-electron chi connectivity index (χ3n) is 2.60. The number of nitrogens with one attached hydrogen (secondary N) is 2. The van der Waals surface area contributed by atoms with Crippen LogP contribution in [0.2, 0.25) is 0 Å². The highest BCUT2D eigenvalue weighted by atomic mass is 19.1. The number of hydrogen-bond acceptors (Lipinski definition) is 3. The minimum Gasteiger partial charge on any atom is -0.379 e. The highest BCUT2D eigenvalue weighted by Gasteiger charge is 2.12. The first kappa shape index (κ1) is 15.0. The van der Waals surface area contributed by atoms with E-state index < -0.39 is 5.82 Å². The van der Waals surface area contributed by atoms with Crippen LogP contribution in [-0.2, 0) is 0 Å². The van der Waals surface area contributed by atoms with E-state index in [-0.39, 0.29) is 11.4 Å². The first-order valence-electron chi connectivity index (χ1n) is 6.64. The largest absolute Gasteiger partial charge is 0.379 e. The van der Waals surface area contributed by atoms with Gasteiger partial charge in [0.15, 0.2) is 0 Å². The number of benzene rings is 1. The number of carbonyl (C=O) groups excluding carboxylic acids is 1. The molecular weight excluding hydrogens is 269 g/mol. The molecule has 4 nitrogen and oxygen atoms in total. The monoisotopic (exact) mass is 287 g/mol. The molecule has 1 amide bonds. The van der Waals surface area contributed by atoms with Gasteiger partial charge in [-0.2, -0.15) is 0 Å². The number of carbonyl (C=O) groups is 1. The number of aromatic nitrogens is 1. The number of anilines is 2. The molecule has 0 radical (unpaired) electrons. The molecular formula is C16H18FN3O. The van der Waals surface area contributed by atoms with Gasteiger partial charge in [0.1, 0.15) is 5.82 Å². The lowest BCUT2D eigenvalue weighted by atomic mass is 10.1. The lowest BCUT2D eigenvalue weighted by molar-refractivity contribution is 0.102. The van der Waals surface area contributed by atoms with Gasteiger partial charge in [-0.25, -0.2) is 4.39 Å². The van der Waals surface area contributed by atoms with Crippen LogP contribution >= 0.6 is 0 Å². The quantitative estimate of drug-likeness (QED) is 0.905. The summed E-state index contributed by atoms with van der Waals surface area (Å²) in [6, 6.07) is 7.48. The molecule has 0 aliphatic heterocycles. The molecule has 0 atom stereocenters. The molecule has 0 saturated heterocycles. The van der Waals surface area contributed by atoms with E-state index >= 15 is 0 Å². The minimum absolute atomic E-state index is 0.126. The molecule has 0 fully saturated rings. The molecule has 0 aliphatic rings. The zero-order chi connectivity index (χ0) is 15.5. The lowest BCUT2D eigenvalue weighted by Crippen LogP contribution is -2.26. The molecule has 1 aromatic heterocycles. The normalized spacial score (nSPS) is 11.0. The molecule has 1 heterocycles. The third kappa shape index (κ3) is 4.56. The number of halogens is 1. The number of pyridine rings is 1. The highest BCUT2D eigenvalue weighted by Crippen LogP contribution is 2.16. The fourth-order valence-electron chi connectivity index (χ4n) is 1.83. The van der Waals surface area contributed by atoms with Gasteiger partial charge in [0.05, 0.1) is 11.3 Å². The van der Waals surface area contributed by atoms with Crippen molar-refractivity contribution in [2.24, 2.45) is 0 Å². The summed E-state index contributed by atoms with van der Waals surface area (Å²) in [4.78, 5) is 16.2. The van der Waals surface area contributed by atoms with Gasteiger partial charge in [-0.3, -0.25) is 9.78 Å². The van der Waals surface area contributed by atoms with Crippen molar-refractivity contribution in [2.75, 3.05) is 10.6 Å². The summed E-state index contributed by atoms with van der Waals surface area (Å²) in [7, 11) is 0. The Balaban J connectivity index is 2.14. The molecule has 2 N–H and O–H groups in total. The van der Waals surface area contributed by atoms with Crippen LogP contribution in [0, 0.1) is 5.82 Å². The average molecular weight is 287 g/mol. The van der Waals surface area contributed by atoms with Gasteiger partial charge >= 0.3 is 0 Å². The summed E-state index contributed by atoms with van der Waals surface area (Å²) in [5, 5.41) is 5.89. The lowest BCUT2D eigenvalue weighted by Gasteiger charge is -2.22. The number of rotatable bonds is 3. The van der Waals surface area contributed by atoms with E-state index in [4.69, 9.17) is 0 Å². The van der Waals surface area contributed by atoms with Crippen LogP contribution in [0.5, 0.6) is 0 Å². The van der Waals surface area contributed by atoms with Crippen molar-refractivity contribution in [1.29, 1.82) is 0 Å². The Hall–Kier alpha value is -2.43. The number of amides is 1. The van der Waals surface area contributed by atoms with Gasteiger partial charge < -0.3 is 10.6 Å². The molecule has 0 saturated carbocycles. The van der Waals surface area contributed by atoms with Crippen LogP contribution < -0.4 is 10.6 Å². The van der Waals surface area contributed by atoms with Crippen molar-refractivity contribution in [3.05, 3.63) is 54.1 Å². The first-order chi connectivity index (χ1) is 9.83. The van der Waals surface area contributed by atoms with Crippen LogP contribution in [0.25, 0.3) is 0 Å². The third-order valence-corrected chi connectivity index (χ3v) is 2.60. The second kappa shape index (κ2) is 5.91. The van der Waals surface area contributed by atoms with E-state index in [0.717, 1.165) is 5.69 Å². The van der Waals surface area contributed by atoms with Crippen LogP contribution in [-0.4, -0.2) is 16.4 Å². The fourth-order valence-corrected chi connectivity index (χ4v) is 1.83. The van der Waals surface area contributed by atoms with Crippen molar-refractivity contribution < 1.29 is 9.18 Å². The molecule has 0 unspecified atom stereocenters. The smallest absolute Gasteiger partial charge is 0.257 e. The van der Waals surface area contributed by atoms with E-state index in [1.807, 2.05) is 20.8 Å². The van der Waals surface area contributed by atoms with Crippen molar-refractivity contribution in [3.8, 4) is 0 Å². The van der Waals surface area contributed by atoms with Gasteiger partial charge in [-0.05, 0) is 45.0 Å². The highest BCUT2D eigenvalue weighted by molar-refractivity contribution is 6.04. The first-order valence-corrected chi connectivity index (χ1v) is 6.64. The summed E-state index contributed by atoms with van der Waals surface area (Å²) < 4.78 is 13.1. The molecule has 0 spiro atoms. The maximum Gasteiger partial charge on any atom is 0.257 e. The van der Waals surface area contributed by atoms with Crippen LogP contribution in [0.15, 0.2) is 42.7 Å². The second-order valence-electron chi connectivity index (χ2n) is 5.80. The Morgan fingerprint density at radius 1 is 1.14 bits per heavy atom. The molecule has 2 rings (SSSR count). The van der Waals surface area contributed by atoms with Crippen LogP contribution in [0.3, 0.4) is 0 Å². The van der Waals surface area contributed by atoms with Gasteiger partial charge in [-0.15, -0.1) is 0 Å². The van der Waals surface area contributed by atoms with Crippen molar-refractivity contribution in [3.63, 3.8) is 0 Å². The molecule has 1 aromatic carbocycles.